The van der Waals surface area contributed by atoms with Crippen LogP contribution < -0.4 is 15.2 Å². The maximum Gasteiger partial charge on any atom is 0.222 e. The van der Waals surface area contributed by atoms with E-state index >= 15 is 0 Å². The van der Waals surface area contributed by atoms with Gasteiger partial charge in [0.15, 0.2) is 23.4 Å². The number of imidazole rings is 1. The summed E-state index contributed by atoms with van der Waals surface area (Å²) in [7, 11) is 3.12. The number of aromatic nitrogens is 4. The van der Waals surface area contributed by atoms with E-state index in [0.717, 1.165) is 5.56 Å². The van der Waals surface area contributed by atoms with Crippen molar-refractivity contribution in [3.63, 3.8) is 0 Å². The first-order valence-corrected chi connectivity index (χ1v) is 9.29. The van der Waals surface area contributed by atoms with Crippen molar-refractivity contribution in [3.05, 3.63) is 35.8 Å². The molecule has 0 spiro atoms. The first kappa shape index (κ1) is 20.3. The van der Waals surface area contributed by atoms with E-state index in [1.807, 2.05) is 12.1 Å². The lowest BCUT2D eigenvalue weighted by atomic mass is 10.1. The minimum absolute atomic E-state index is 0.0212. The molecule has 30 heavy (non-hydrogen) atoms. The van der Waals surface area contributed by atoms with Crippen LogP contribution in [0, 0.1) is 0 Å². The average Bonchev–Trinajstić information content (AvgIpc) is 3.28. The van der Waals surface area contributed by atoms with Gasteiger partial charge in [0.25, 0.3) is 0 Å². The molecule has 1 aliphatic heterocycles. The molecule has 160 valence electrons. The highest BCUT2D eigenvalue weighted by atomic mass is 16.6. The zero-order valence-corrected chi connectivity index (χ0v) is 16.5. The molecular weight excluding hydrogens is 394 g/mol. The highest BCUT2D eigenvalue weighted by Gasteiger charge is 2.44. The highest BCUT2D eigenvalue weighted by molar-refractivity contribution is 5.75. The Labute approximate surface area is 171 Å². The number of aliphatic hydroxyl groups is 3. The third-order valence-corrected chi connectivity index (χ3v) is 5.14. The summed E-state index contributed by atoms with van der Waals surface area (Å²) in [6, 6.07) is 5.52. The van der Waals surface area contributed by atoms with Gasteiger partial charge >= 0.3 is 0 Å². The number of nitrogens with two attached hydrogens (primary N) is 1. The highest BCUT2D eigenvalue weighted by Crippen LogP contribution is 2.34. The number of nitrogens with zero attached hydrogens (tertiary/aromatic N) is 4. The Morgan fingerprint density at radius 1 is 1.17 bits per heavy atom. The maximum atomic E-state index is 10.4. The molecular formula is C19H23N5O6. The van der Waals surface area contributed by atoms with Gasteiger partial charge in [-0.25, -0.2) is 9.97 Å². The summed E-state index contributed by atoms with van der Waals surface area (Å²) >= 11 is 0. The summed E-state index contributed by atoms with van der Waals surface area (Å²) in [5, 5.41) is 29.7. The monoisotopic (exact) mass is 417 g/mol. The fourth-order valence-corrected chi connectivity index (χ4v) is 3.69. The van der Waals surface area contributed by atoms with Crippen molar-refractivity contribution >= 4 is 17.1 Å². The summed E-state index contributed by atoms with van der Waals surface area (Å²) in [5.74, 6) is 1.19. The number of rotatable bonds is 6. The van der Waals surface area contributed by atoms with Crippen LogP contribution in [0.1, 0.15) is 17.5 Å². The van der Waals surface area contributed by atoms with Gasteiger partial charge in [0.1, 0.15) is 23.8 Å². The van der Waals surface area contributed by atoms with Crippen LogP contribution in [0.3, 0.4) is 0 Å². The minimum atomic E-state index is -1.27. The van der Waals surface area contributed by atoms with Crippen molar-refractivity contribution in [2.45, 2.75) is 31.0 Å². The van der Waals surface area contributed by atoms with Gasteiger partial charge in [-0.15, -0.1) is 0 Å². The Hall–Kier alpha value is -2.99. The summed E-state index contributed by atoms with van der Waals surface area (Å²) in [5.41, 5.74) is 8.11. The van der Waals surface area contributed by atoms with Crippen LogP contribution in [-0.2, 0) is 11.2 Å². The average molecular weight is 417 g/mol. The van der Waals surface area contributed by atoms with Crippen molar-refractivity contribution in [1.82, 2.24) is 19.5 Å². The van der Waals surface area contributed by atoms with Crippen LogP contribution in [0.15, 0.2) is 24.5 Å². The minimum Gasteiger partial charge on any atom is -0.493 e. The van der Waals surface area contributed by atoms with Crippen LogP contribution in [0.25, 0.3) is 11.2 Å². The molecule has 1 aromatic carbocycles. The first-order chi connectivity index (χ1) is 14.5. The predicted octanol–water partition coefficient (Wildman–Crippen LogP) is -0.372. The largest absolute Gasteiger partial charge is 0.493 e. The molecule has 5 N–H and O–H groups in total. The third kappa shape index (κ3) is 3.31. The van der Waals surface area contributed by atoms with Gasteiger partial charge in [0.2, 0.25) is 5.95 Å². The topological polar surface area (TPSA) is 158 Å². The van der Waals surface area contributed by atoms with E-state index in [0.29, 0.717) is 34.8 Å². The fourth-order valence-electron chi connectivity index (χ4n) is 3.69. The molecule has 3 heterocycles. The van der Waals surface area contributed by atoms with Crippen molar-refractivity contribution in [2.75, 3.05) is 26.6 Å². The second-order valence-corrected chi connectivity index (χ2v) is 6.91. The number of benzene rings is 1. The summed E-state index contributed by atoms with van der Waals surface area (Å²) in [6.07, 6.45) is -2.62. The number of anilines is 1. The van der Waals surface area contributed by atoms with Gasteiger partial charge in [-0.3, -0.25) is 4.57 Å². The molecule has 0 saturated carbocycles. The molecule has 11 nitrogen and oxygen atoms in total. The quantitative estimate of drug-likeness (QED) is 0.417. The van der Waals surface area contributed by atoms with E-state index in [2.05, 4.69) is 15.0 Å². The molecule has 11 heteroatoms. The van der Waals surface area contributed by atoms with Gasteiger partial charge in [0, 0.05) is 12.0 Å². The van der Waals surface area contributed by atoms with Crippen molar-refractivity contribution in [2.24, 2.45) is 0 Å². The van der Waals surface area contributed by atoms with Gasteiger partial charge in [-0.05, 0) is 6.07 Å². The number of ether oxygens (including phenoxy) is 3. The van der Waals surface area contributed by atoms with E-state index in [9.17, 15) is 15.3 Å². The van der Waals surface area contributed by atoms with E-state index in [1.54, 1.807) is 20.3 Å². The molecule has 2 aromatic heterocycles. The van der Waals surface area contributed by atoms with E-state index in [-0.39, 0.29) is 5.95 Å². The third-order valence-electron chi connectivity index (χ3n) is 5.14. The molecule has 0 radical (unpaired) electrons. The predicted molar refractivity (Wildman–Crippen MR) is 105 cm³/mol. The van der Waals surface area contributed by atoms with Crippen LogP contribution in [0.5, 0.6) is 11.5 Å². The standard InChI is InChI=1S/C19H23N5O6/c1-28-11-5-3-4-9(16(11)29-2)6-10-13-17(23-19(20)22-10)24(8-21-13)18-15(27)14(26)12(7-25)30-18/h3-5,8,12,14-15,18,25-27H,6-7H2,1-2H3,(H2,20,22,23). The van der Waals surface area contributed by atoms with E-state index in [4.69, 9.17) is 19.9 Å². The number of fused-ring (bicyclic) bond motifs is 1. The molecule has 4 unspecified atom stereocenters. The number of hydrogen-bond donors (Lipinski definition) is 4. The lowest BCUT2D eigenvalue weighted by molar-refractivity contribution is -0.0511. The Morgan fingerprint density at radius 2 is 1.97 bits per heavy atom. The van der Waals surface area contributed by atoms with Crippen molar-refractivity contribution < 1.29 is 29.5 Å². The van der Waals surface area contributed by atoms with Gasteiger partial charge in [0.05, 0.1) is 32.8 Å². The lowest BCUT2D eigenvalue weighted by Gasteiger charge is -2.17. The number of hydrogen-bond acceptors (Lipinski definition) is 10. The first-order valence-electron chi connectivity index (χ1n) is 9.29. The Balaban J connectivity index is 1.76. The molecule has 0 aliphatic carbocycles. The second-order valence-electron chi connectivity index (χ2n) is 6.91. The summed E-state index contributed by atoms with van der Waals surface area (Å²) in [6.45, 7) is -0.431. The normalized spacial score (nSPS) is 23.8. The smallest absolute Gasteiger partial charge is 0.222 e. The molecule has 4 atom stereocenters. The number of para-hydroxylation sites is 1. The SMILES string of the molecule is COc1cccc(Cc2nc(N)nc3c2ncn3C2OC(CO)C(O)C2O)c1OC. The molecule has 1 fully saturated rings. The lowest BCUT2D eigenvalue weighted by Crippen LogP contribution is -2.33. The zero-order chi connectivity index (χ0) is 21.4. The van der Waals surface area contributed by atoms with Gasteiger partial charge in [-0.2, -0.15) is 4.98 Å². The van der Waals surface area contributed by atoms with E-state index < -0.39 is 31.1 Å². The van der Waals surface area contributed by atoms with Crippen LogP contribution in [0.4, 0.5) is 5.95 Å². The molecule has 1 aliphatic rings. The van der Waals surface area contributed by atoms with E-state index in [1.165, 1.54) is 10.9 Å². The fraction of sp³-hybridized carbons (Fsp3) is 0.421. The van der Waals surface area contributed by atoms with Gasteiger partial charge < -0.3 is 35.3 Å². The number of methoxy groups -OCH3 is 2. The summed E-state index contributed by atoms with van der Waals surface area (Å²) < 4.78 is 17.9. The van der Waals surface area contributed by atoms with Crippen molar-refractivity contribution in [3.8, 4) is 11.5 Å². The van der Waals surface area contributed by atoms with Crippen LogP contribution in [-0.4, -0.2) is 74.0 Å². The van der Waals surface area contributed by atoms with Crippen LogP contribution in [0.2, 0.25) is 0 Å². The summed E-state index contributed by atoms with van der Waals surface area (Å²) in [4.78, 5) is 13.0. The van der Waals surface area contributed by atoms with Gasteiger partial charge in [-0.1, -0.05) is 12.1 Å². The second kappa shape index (κ2) is 8.03. The molecule has 0 bridgehead atoms. The molecule has 4 rings (SSSR count). The molecule has 3 aromatic rings. The zero-order valence-electron chi connectivity index (χ0n) is 16.5. The Bertz CT molecular complexity index is 1060. The number of aliphatic hydroxyl groups excluding tert-OH is 3. The molecule has 1 saturated heterocycles. The Morgan fingerprint density at radius 3 is 2.63 bits per heavy atom. The Kier molecular flexibility index (Phi) is 5.43. The molecule has 0 amide bonds. The number of nitrogen functional groups attached to an aromatic ring is 1. The van der Waals surface area contributed by atoms with Crippen molar-refractivity contribution in [1.29, 1.82) is 0 Å². The maximum absolute atomic E-state index is 10.4. The van der Waals surface area contributed by atoms with Crippen LogP contribution >= 0.6 is 0 Å².